The Morgan fingerprint density at radius 2 is 1.72 bits per heavy atom. The van der Waals surface area contributed by atoms with Gasteiger partial charge in [-0.2, -0.15) is 8.78 Å². The summed E-state index contributed by atoms with van der Waals surface area (Å²) in [5.74, 6) is 0.499. The zero-order valence-corrected chi connectivity index (χ0v) is 14.8. The number of halogens is 2. The van der Waals surface area contributed by atoms with Gasteiger partial charge in [0.25, 0.3) is 0 Å². The van der Waals surface area contributed by atoms with E-state index in [1.54, 1.807) is 24.3 Å². The Hall–Kier alpha value is -2.02. The molecule has 0 radical (unpaired) electrons. The molecule has 1 fully saturated rings. The molecule has 136 valence electrons. The van der Waals surface area contributed by atoms with Gasteiger partial charge in [0.05, 0.1) is 17.1 Å². The molecule has 0 bridgehead atoms. The molecule has 0 spiro atoms. The van der Waals surface area contributed by atoms with E-state index >= 15 is 0 Å². The van der Waals surface area contributed by atoms with Crippen LogP contribution >= 0.6 is 0 Å². The maximum Gasteiger partial charge on any atom is 0.320 e. The zero-order chi connectivity index (χ0) is 18.1. The summed E-state index contributed by atoms with van der Waals surface area (Å²) in [6.07, 6.45) is 0. The quantitative estimate of drug-likeness (QED) is 0.850. The molecule has 1 aliphatic rings. The lowest BCUT2D eigenvalue weighted by atomic mass is 10.1. The summed E-state index contributed by atoms with van der Waals surface area (Å²) in [4.78, 5) is 20.5. The van der Waals surface area contributed by atoms with Crippen LogP contribution < -0.4 is 0 Å². The lowest BCUT2D eigenvalue weighted by Crippen LogP contribution is -2.50. The van der Waals surface area contributed by atoms with Crippen LogP contribution in [-0.2, 0) is 4.79 Å². The third kappa shape index (κ3) is 3.38. The first-order chi connectivity index (χ1) is 11.9. The summed E-state index contributed by atoms with van der Waals surface area (Å²) in [5, 5.41) is 0. The number of hydrogen-bond acceptors (Lipinski definition) is 3. The van der Waals surface area contributed by atoms with E-state index in [1.807, 2.05) is 25.7 Å². The van der Waals surface area contributed by atoms with E-state index in [0.717, 1.165) is 4.57 Å². The number of carbonyl (C=O) groups excluding carboxylic acids is 1. The highest BCUT2D eigenvalue weighted by Crippen LogP contribution is 2.29. The van der Waals surface area contributed by atoms with E-state index in [1.165, 1.54) is 0 Å². The fraction of sp³-hybridized carbons (Fsp3) is 0.556. The largest absolute Gasteiger partial charge is 0.340 e. The molecule has 0 N–H and O–H groups in total. The molecular weight excluding hydrogens is 326 g/mol. The summed E-state index contributed by atoms with van der Waals surface area (Å²) < 4.78 is 28.3. The summed E-state index contributed by atoms with van der Waals surface area (Å²) >= 11 is 0. The topological polar surface area (TPSA) is 41.4 Å². The summed E-state index contributed by atoms with van der Waals surface area (Å²) in [6.45, 7) is 5.61. The molecule has 1 amide bonds. The minimum atomic E-state index is -2.63. The van der Waals surface area contributed by atoms with Crippen molar-refractivity contribution in [1.29, 1.82) is 0 Å². The van der Waals surface area contributed by atoms with Gasteiger partial charge in [-0.3, -0.25) is 14.3 Å². The maximum atomic E-state index is 13.6. The predicted molar refractivity (Wildman–Crippen MR) is 92.4 cm³/mol. The normalized spacial score (nSPS) is 17.6. The van der Waals surface area contributed by atoms with Crippen LogP contribution in [0.2, 0.25) is 0 Å². The summed E-state index contributed by atoms with van der Waals surface area (Å²) in [6, 6.07) is 6.73. The van der Waals surface area contributed by atoms with Gasteiger partial charge < -0.3 is 4.90 Å². The average Bonchev–Trinajstić information content (AvgIpc) is 3.00. The number of benzene rings is 1. The Kier molecular flexibility index (Phi) is 5.03. The van der Waals surface area contributed by atoms with E-state index in [-0.39, 0.29) is 17.9 Å². The summed E-state index contributed by atoms with van der Waals surface area (Å²) in [7, 11) is 0. The fourth-order valence-electron chi connectivity index (χ4n) is 3.42. The first kappa shape index (κ1) is 17.8. The Labute approximate surface area is 146 Å². The van der Waals surface area contributed by atoms with Crippen LogP contribution in [0.3, 0.4) is 0 Å². The van der Waals surface area contributed by atoms with Crippen LogP contribution in [0.25, 0.3) is 11.0 Å². The number of hydrogen-bond donors (Lipinski definition) is 0. The van der Waals surface area contributed by atoms with Crippen LogP contribution in [0.4, 0.5) is 8.78 Å². The molecule has 1 aromatic carbocycles. The molecule has 0 saturated carbocycles. The van der Waals surface area contributed by atoms with Crippen molar-refractivity contribution >= 4 is 16.9 Å². The van der Waals surface area contributed by atoms with Gasteiger partial charge in [-0.05, 0) is 19.1 Å². The van der Waals surface area contributed by atoms with Gasteiger partial charge in [-0.25, -0.2) is 4.98 Å². The number of amides is 1. The van der Waals surface area contributed by atoms with Crippen LogP contribution in [0.15, 0.2) is 24.3 Å². The standard InChI is InChI=1S/C18H24F2N4O/c1-12(2)17(25)23-10-8-22(9-11-23)13(3)16-21-14-6-4-5-7-15(14)24(16)18(19)20/h4-7,12-13,18H,8-11H2,1-3H3. The molecule has 3 rings (SSSR count). The first-order valence-electron chi connectivity index (χ1n) is 8.68. The van der Waals surface area contributed by atoms with E-state index in [9.17, 15) is 13.6 Å². The van der Waals surface area contributed by atoms with Crippen molar-refractivity contribution in [3.8, 4) is 0 Å². The lowest BCUT2D eigenvalue weighted by molar-refractivity contribution is -0.136. The highest BCUT2D eigenvalue weighted by molar-refractivity contribution is 5.78. The Morgan fingerprint density at radius 1 is 1.08 bits per heavy atom. The highest BCUT2D eigenvalue weighted by Gasteiger charge is 2.29. The second-order valence-electron chi connectivity index (χ2n) is 6.80. The van der Waals surface area contributed by atoms with Gasteiger partial charge in [0.2, 0.25) is 5.91 Å². The minimum Gasteiger partial charge on any atom is -0.340 e. The van der Waals surface area contributed by atoms with Crippen molar-refractivity contribution in [1.82, 2.24) is 19.4 Å². The molecule has 1 atom stereocenters. The van der Waals surface area contributed by atoms with Crippen molar-refractivity contribution < 1.29 is 13.6 Å². The van der Waals surface area contributed by atoms with Crippen LogP contribution in [0, 0.1) is 5.92 Å². The predicted octanol–water partition coefficient (Wildman–Crippen LogP) is 3.29. The lowest BCUT2D eigenvalue weighted by Gasteiger charge is -2.38. The molecule has 1 aliphatic heterocycles. The molecular formula is C18H24F2N4O. The van der Waals surface area contributed by atoms with Crippen LogP contribution in [-0.4, -0.2) is 51.4 Å². The first-order valence-corrected chi connectivity index (χ1v) is 8.68. The number of imidazole rings is 1. The third-order valence-electron chi connectivity index (χ3n) is 4.86. The van der Waals surface area contributed by atoms with Crippen molar-refractivity contribution in [2.24, 2.45) is 5.92 Å². The number of alkyl halides is 2. The number of carbonyl (C=O) groups is 1. The fourth-order valence-corrected chi connectivity index (χ4v) is 3.42. The number of para-hydroxylation sites is 2. The molecule has 1 saturated heterocycles. The van der Waals surface area contributed by atoms with Crippen LogP contribution in [0.5, 0.6) is 0 Å². The Balaban J connectivity index is 1.80. The molecule has 1 unspecified atom stereocenters. The smallest absolute Gasteiger partial charge is 0.320 e. The Morgan fingerprint density at radius 3 is 2.32 bits per heavy atom. The average molecular weight is 350 g/mol. The number of rotatable bonds is 4. The molecule has 25 heavy (non-hydrogen) atoms. The number of fused-ring (bicyclic) bond motifs is 1. The zero-order valence-electron chi connectivity index (χ0n) is 14.8. The summed E-state index contributed by atoms with van der Waals surface area (Å²) in [5.41, 5.74) is 1.03. The number of nitrogens with zero attached hydrogens (tertiary/aromatic N) is 4. The van der Waals surface area contributed by atoms with Gasteiger partial charge in [-0.1, -0.05) is 26.0 Å². The van der Waals surface area contributed by atoms with Crippen molar-refractivity contribution in [3.63, 3.8) is 0 Å². The SMILES string of the molecule is CC(C)C(=O)N1CCN(C(C)c2nc3ccccc3n2C(F)F)CC1. The number of aromatic nitrogens is 2. The van der Waals surface area contributed by atoms with E-state index < -0.39 is 6.55 Å². The minimum absolute atomic E-state index is 0.0213. The highest BCUT2D eigenvalue weighted by atomic mass is 19.3. The van der Waals surface area contributed by atoms with Gasteiger partial charge in [0.1, 0.15) is 5.82 Å². The van der Waals surface area contributed by atoms with E-state index in [2.05, 4.69) is 9.88 Å². The monoisotopic (exact) mass is 350 g/mol. The molecule has 2 aromatic rings. The van der Waals surface area contributed by atoms with Gasteiger partial charge >= 0.3 is 6.55 Å². The second-order valence-corrected chi connectivity index (χ2v) is 6.80. The van der Waals surface area contributed by atoms with Crippen molar-refractivity contribution in [2.45, 2.75) is 33.4 Å². The molecule has 0 aliphatic carbocycles. The van der Waals surface area contributed by atoms with Gasteiger partial charge in [0.15, 0.2) is 0 Å². The van der Waals surface area contributed by atoms with Gasteiger partial charge in [-0.15, -0.1) is 0 Å². The molecule has 7 heteroatoms. The van der Waals surface area contributed by atoms with Crippen LogP contribution in [0.1, 0.15) is 39.2 Å². The molecule has 2 heterocycles. The molecule has 1 aromatic heterocycles. The Bertz CT molecular complexity index is 751. The molecule has 5 nitrogen and oxygen atoms in total. The van der Waals surface area contributed by atoms with Crippen molar-refractivity contribution in [3.05, 3.63) is 30.1 Å². The second kappa shape index (κ2) is 7.07. The van der Waals surface area contributed by atoms with E-state index in [4.69, 9.17) is 0 Å². The van der Waals surface area contributed by atoms with E-state index in [0.29, 0.717) is 43.0 Å². The van der Waals surface area contributed by atoms with Crippen molar-refractivity contribution in [2.75, 3.05) is 26.2 Å². The van der Waals surface area contributed by atoms with Gasteiger partial charge in [0, 0.05) is 32.1 Å². The third-order valence-corrected chi connectivity index (χ3v) is 4.86. The maximum absolute atomic E-state index is 13.6. The number of piperazine rings is 1.